The van der Waals surface area contributed by atoms with Gasteiger partial charge in [-0.1, -0.05) is 6.07 Å². The first-order valence-electron chi connectivity index (χ1n) is 4.85. The van der Waals surface area contributed by atoms with Crippen molar-refractivity contribution in [2.75, 3.05) is 12.1 Å². The van der Waals surface area contributed by atoms with Gasteiger partial charge in [-0.05, 0) is 31.2 Å². The second-order valence-corrected chi connectivity index (χ2v) is 4.33. The Morgan fingerprint density at radius 1 is 1.44 bits per heavy atom. The molecule has 0 atom stereocenters. The van der Waals surface area contributed by atoms with E-state index in [0.29, 0.717) is 12.3 Å². The molecule has 1 aromatic carbocycles. The Kier molecular flexibility index (Phi) is 5.91. The third kappa shape index (κ3) is 3.83. The number of rotatable bonds is 6. The third-order valence-corrected chi connectivity index (χ3v) is 3.18. The van der Waals surface area contributed by atoms with E-state index in [1.165, 1.54) is 11.8 Å². The molecule has 1 rings (SSSR count). The Hall–Kier alpha value is -0.480. The molecule has 0 unspecified atom stereocenters. The lowest BCUT2D eigenvalue weighted by atomic mass is 10.1. The van der Waals surface area contributed by atoms with Crippen molar-refractivity contribution >= 4 is 23.4 Å². The largest absolute Gasteiger partial charge is 0.435 e. The number of hydrogen-bond donors (Lipinski definition) is 0. The quantitative estimate of drug-likeness (QED) is 0.564. The van der Waals surface area contributed by atoms with Crippen LogP contribution in [0.25, 0.3) is 0 Å². The summed E-state index contributed by atoms with van der Waals surface area (Å²) >= 11 is 7.13. The summed E-state index contributed by atoms with van der Waals surface area (Å²) in [6, 6.07) is 5.18. The first-order valence-corrected chi connectivity index (χ1v) is 6.61. The number of alkyl halides is 3. The van der Waals surface area contributed by atoms with E-state index in [-0.39, 0.29) is 5.75 Å². The maximum atomic E-state index is 12.2. The van der Waals surface area contributed by atoms with Gasteiger partial charge in [0.1, 0.15) is 5.75 Å². The van der Waals surface area contributed by atoms with Crippen molar-refractivity contribution in [2.45, 2.75) is 24.3 Å². The molecule has 16 heavy (non-hydrogen) atoms. The Labute approximate surface area is 103 Å². The molecule has 0 saturated heterocycles. The summed E-state index contributed by atoms with van der Waals surface area (Å²) in [5.41, 5.74) is 0.816. The molecule has 0 fully saturated rings. The summed E-state index contributed by atoms with van der Waals surface area (Å²) in [5, 5.41) is 0. The molecule has 0 radical (unpaired) electrons. The first-order chi connectivity index (χ1) is 7.69. The van der Waals surface area contributed by atoms with Gasteiger partial charge in [0.05, 0.1) is 0 Å². The molecule has 5 heteroatoms. The van der Waals surface area contributed by atoms with Crippen LogP contribution in [0.5, 0.6) is 5.75 Å². The molecule has 0 bridgehead atoms. The summed E-state index contributed by atoms with van der Waals surface area (Å²) < 4.78 is 28.9. The minimum atomic E-state index is -2.79. The Morgan fingerprint density at radius 3 is 2.75 bits per heavy atom. The Bertz CT molecular complexity index is 334. The van der Waals surface area contributed by atoms with Gasteiger partial charge >= 0.3 is 6.61 Å². The van der Waals surface area contributed by atoms with Crippen molar-refractivity contribution in [3.63, 3.8) is 0 Å². The molecule has 0 spiro atoms. The van der Waals surface area contributed by atoms with Crippen LogP contribution in [-0.4, -0.2) is 18.7 Å². The fraction of sp³-hybridized carbons (Fsp3) is 0.455. The molecular formula is C11H13ClF2OS. The van der Waals surface area contributed by atoms with Gasteiger partial charge in [0, 0.05) is 16.3 Å². The van der Waals surface area contributed by atoms with Crippen LogP contribution in [-0.2, 0) is 6.42 Å². The summed E-state index contributed by atoms with van der Waals surface area (Å²) in [6.07, 6.45) is 3.31. The predicted molar refractivity (Wildman–Crippen MR) is 63.9 cm³/mol. The van der Waals surface area contributed by atoms with Crippen LogP contribution in [0.3, 0.4) is 0 Å². The standard InChI is InChI=1S/C11H13ClF2OS/c1-16-10-6-2-5-9(15-11(13)14)8(10)4-3-7-12/h2,5-6,11H,3-4,7H2,1H3. The zero-order valence-corrected chi connectivity index (χ0v) is 10.5. The lowest BCUT2D eigenvalue weighted by molar-refractivity contribution is -0.0506. The highest BCUT2D eigenvalue weighted by molar-refractivity contribution is 7.98. The molecule has 0 heterocycles. The van der Waals surface area contributed by atoms with Crippen LogP contribution in [0, 0.1) is 0 Å². The molecule has 0 N–H and O–H groups in total. The Morgan fingerprint density at radius 2 is 2.19 bits per heavy atom. The van der Waals surface area contributed by atoms with E-state index in [0.717, 1.165) is 16.9 Å². The zero-order valence-electron chi connectivity index (χ0n) is 8.88. The summed E-state index contributed by atoms with van der Waals surface area (Å²) in [4.78, 5) is 0.961. The number of hydrogen-bond acceptors (Lipinski definition) is 2. The fourth-order valence-corrected chi connectivity index (χ4v) is 2.23. The zero-order chi connectivity index (χ0) is 12.0. The lowest BCUT2D eigenvalue weighted by Crippen LogP contribution is -2.05. The van der Waals surface area contributed by atoms with Crippen molar-refractivity contribution in [3.05, 3.63) is 23.8 Å². The van der Waals surface area contributed by atoms with E-state index in [4.69, 9.17) is 11.6 Å². The van der Waals surface area contributed by atoms with Gasteiger partial charge in [0.25, 0.3) is 0 Å². The SMILES string of the molecule is CSc1cccc(OC(F)F)c1CCCCl. The highest BCUT2D eigenvalue weighted by atomic mass is 35.5. The maximum absolute atomic E-state index is 12.2. The van der Waals surface area contributed by atoms with Crippen LogP contribution in [0.2, 0.25) is 0 Å². The van der Waals surface area contributed by atoms with E-state index in [1.807, 2.05) is 12.3 Å². The molecule has 1 nitrogen and oxygen atoms in total. The summed E-state index contributed by atoms with van der Waals surface area (Å²) in [5.74, 6) is 0.767. The minimum absolute atomic E-state index is 0.256. The molecular weight excluding hydrogens is 254 g/mol. The minimum Gasteiger partial charge on any atom is -0.435 e. The van der Waals surface area contributed by atoms with Crippen molar-refractivity contribution < 1.29 is 13.5 Å². The average Bonchev–Trinajstić information content (AvgIpc) is 2.26. The number of ether oxygens (including phenoxy) is 1. The second-order valence-electron chi connectivity index (χ2n) is 3.11. The molecule has 1 aromatic rings. The van der Waals surface area contributed by atoms with Crippen LogP contribution < -0.4 is 4.74 Å². The van der Waals surface area contributed by atoms with Gasteiger partial charge in [0.2, 0.25) is 0 Å². The van der Waals surface area contributed by atoms with Gasteiger partial charge in [0.15, 0.2) is 0 Å². The first kappa shape index (κ1) is 13.6. The molecule has 0 saturated carbocycles. The number of benzene rings is 1. The lowest BCUT2D eigenvalue weighted by Gasteiger charge is -2.13. The molecule has 0 amide bonds. The molecule has 90 valence electrons. The van der Waals surface area contributed by atoms with Crippen LogP contribution in [0.1, 0.15) is 12.0 Å². The van der Waals surface area contributed by atoms with Gasteiger partial charge < -0.3 is 4.74 Å². The van der Waals surface area contributed by atoms with E-state index in [9.17, 15) is 8.78 Å². The second kappa shape index (κ2) is 6.97. The molecule has 0 aromatic heterocycles. The van der Waals surface area contributed by atoms with Crippen LogP contribution >= 0.6 is 23.4 Å². The summed E-state index contributed by atoms with van der Waals surface area (Å²) in [7, 11) is 0. The highest BCUT2D eigenvalue weighted by Crippen LogP contribution is 2.31. The average molecular weight is 267 g/mol. The number of halogens is 3. The molecule has 0 aliphatic rings. The van der Waals surface area contributed by atoms with Gasteiger partial charge in [-0.2, -0.15) is 8.78 Å². The topological polar surface area (TPSA) is 9.23 Å². The smallest absolute Gasteiger partial charge is 0.387 e. The third-order valence-electron chi connectivity index (χ3n) is 2.09. The van der Waals surface area contributed by atoms with Crippen molar-refractivity contribution in [1.82, 2.24) is 0 Å². The molecule has 0 aliphatic carbocycles. The highest BCUT2D eigenvalue weighted by Gasteiger charge is 2.12. The van der Waals surface area contributed by atoms with Gasteiger partial charge in [-0.3, -0.25) is 0 Å². The fourth-order valence-electron chi connectivity index (χ4n) is 1.43. The predicted octanol–water partition coefficient (Wildman–Crippen LogP) is 4.18. The van der Waals surface area contributed by atoms with Crippen LogP contribution in [0.15, 0.2) is 23.1 Å². The normalized spacial score (nSPS) is 10.8. The van der Waals surface area contributed by atoms with E-state index >= 15 is 0 Å². The van der Waals surface area contributed by atoms with Gasteiger partial charge in [-0.25, -0.2) is 0 Å². The van der Waals surface area contributed by atoms with Crippen molar-refractivity contribution in [1.29, 1.82) is 0 Å². The monoisotopic (exact) mass is 266 g/mol. The van der Waals surface area contributed by atoms with E-state index in [1.54, 1.807) is 12.1 Å². The van der Waals surface area contributed by atoms with Gasteiger partial charge in [-0.15, -0.1) is 23.4 Å². The number of thioether (sulfide) groups is 1. The Balaban J connectivity index is 2.95. The van der Waals surface area contributed by atoms with Crippen LogP contribution in [0.4, 0.5) is 8.78 Å². The maximum Gasteiger partial charge on any atom is 0.387 e. The van der Waals surface area contributed by atoms with Crippen molar-refractivity contribution in [2.24, 2.45) is 0 Å². The molecule has 0 aliphatic heterocycles. The van der Waals surface area contributed by atoms with Crippen molar-refractivity contribution in [3.8, 4) is 5.75 Å². The summed E-state index contributed by atoms with van der Waals surface area (Å²) in [6.45, 7) is -2.79. The van der Waals surface area contributed by atoms with E-state index < -0.39 is 6.61 Å². The van der Waals surface area contributed by atoms with E-state index in [2.05, 4.69) is 4.74 Å².